The molecule has 0 bridgehead atoms. The van der Waals surface area contributed by atoms with E-state index >= 15 is 0 Å². The van der Waals surface area contributed by atoms with Crippen molar-refractivity contribution in [2.75, 3.05) is 0 Å². The van der Waals surface area contributed by atoms with Gasteiger partial charge in [0.05, 0.1) is 6.33 Å². The van der Waals surface area contributed by atoms with Crippen LogP contribution in [0.3, 0.4) is 0 Å². The maximum Gasteiger partial charge on any atom is 0.0921 e. The van der Waals surface area contributed by atoms with Crippen molar-refractivity contribution in [3.63, 3.8) is 0 Å². The van der Waals surface area contributed by atoms with E-state index in [1.54, 1.807) is 6.33 Å². The van der Waals surface area contributed by atoms with Gasteiger partial charge < -0.3 is 4.98 Å². The Bertz CT molecular complexity index is 264. The van der Waals surface area contributed by atoms with Crippen LogP contribution in [0.4, 0.5) is 0 Å². The number of nitrogens with zero attached hydrogens (tertiary/aromatic N) is 1. The summed E-state index contributed by atoms with van der Waals surface area (Å²) in [7, 11) is 0. The van der Waals surface area contributed by atoms with Crippen LogP contribution >= 0.6 is 0 Å². The first-order valence-corrected chi connectivity index (χ1v) is 4.98. The highest BCUT2D eigenvalue weighted by atomic mass is 14.9. The van der Waals surface area contributed by atoms with Gasteiger partial charge in [0.1, 0.15) is 0 Å². The third kappa shape index (κ3) is 2.20. The molecule has 0 aromatic carbocycles. The van der Waals surface area contributed by atoms with Gasteiger partial charge in [0.2, 0.25) is 0 Å². The fraction of sp³-hybridized carbons (Fsp3) is 0.545. The van der Waals surface area contributed by atoms with E-state index in [2.05, 4.69) is 16.5 Å². The van der Waals surface area contributed by atoms with E-state index in [0.29, 0.717) is 0 Å². The van der Waals surface area contributed by atoms with E-state index in [-0.39, 0.29) is 0 Å². The van der Waals surface area contributed by atoms with Gasteiger partial charge in [-0.15, -0.1) is 0 Å². The third-order valence-corrected chi connectivity index (χ3v) is 2.88. The summed E-state index contributed by atoms with van der Waals surface area (Å²) in [5.74, 6) is 0.839. The summed E-state index contributed by atoms with van der Waals surface area (Å²) in [5.41, 5.74) is 2.71. The Morgan fingerprint density at radius 1 is 1.46 bits per heavy atom. The van der Waals surface area contributed by atoms with Gasteiger partial charge in [0.15, 0.2) is 0 Å². The van der Waals surface area contributed by atoms with E-state index in [1.807, 2.05) is 6.20 Å². The predicted molar refractivity (Wildman–Crippen MR) is 53.4 cm³/mol. The minimum Gasteiger partial charge on any atom is -0.348 e. The molecule has 2 nitrogen and oxygen atoms in total. The Balaban J connectivity index is 1.86. The molecule has 2 rings (SSSR count). The van der Waals surface area contributed by atoms with Crippen LogP contribution in [-0.4, -0.2) is 9.97 Å². The molecule has 0 atom stereocenters. The number of allylic oxidation sites excluding steroid dienone is 1. The lowest BCUT2D eigenvalue weighted by atomic mass is 9.84. The van der Waals surface area contributed by atoms with Gasteiger partial charge in [-0.3, -0.25) is 0 Å². The van der Waals surface area contributed by atoms with Gasteiger partial charge in [-0.1, -0.05) is 12.2 Å². The molecule has 1 N–H and O–H groups in total. The fourth-order valence-corrected chi connectivity index (χ4v) is 2.00. The summed E-state index contributed by atoms with van der Waals surface area (Å²) in [4.78, 5) is 7.19. The SMILES string of the molecule is C=C1CCC(Cc2cnc[nH]2)CC1. The van der Waals surface area contributed by atoms with E-state index < -0.39 is 0 Å². The van der Waals surface area contributed by atoms with Crippen LogP contribution in [0.1, 0.15) is 31.4 Å². The second kappa shape index (κ2) is 3.77. The van der Waals surface area contributed by atoms with E-state index in [1.165, 1.54) is 37.0 Å². The van der Waals surface area contributed by atoms with Crippen molar-refractivity contribution in [3.8, 4) is 0 Å². The average Bonchev–Trinajstić information content (AvgIpc) is 2.62. The highest BCUT2D eigenvalue weighted by Crippen LogP contribution is 2.28. The van der Waals surface area contributed by atoms with Gasteiger partial charge in [0.25, 0.3) is 0 Å². The Morgan fingerprint density at radius 3 is 2.85 bits per heavy atom. The zero-order chi connectivity index (χ0) is 9.10. The minimum absolute atomic E-state index is 0.839. The van der Waals surface area contributed by atoms with Crippen molar-refractivity contribution in [1.82, 2.24) is 9.97 Å². The molecule has 0 spiro atoms. The number of H-pyrrole nitrogens is 1. The molecule has 1 aromatic heterocycles. The number of nitrogens with one attached hydrogen (secondary N) is 1. The quantitative estimate of drug-likeness (QED) is 0.689. The maximum atomic E-state index is 4.03. The van der Waals surface area contributed by atoms with E-state index in [9.17, 15) is 0 Å². The summed E-state index contributed by atoms with van der Waals surface area (Å²) in [6.07, 6.45) is 9.90. The standard InChI is InChI=1S/C11H16N2/c1-9-2-4-10(5-3-9)6-11-7-12-8-13-11/h7-8,10H,1-6H2,(H,12,13). The molecule has 70 valence electrons. The van der Waals surface area contributed by atoms with Crippen LogP contribution in [0.15, 0.2) is 24.7 Å². The lowest BCUT2D eigenvalue weighted by Crippen LogP contribution is -2.10. The number of rotatable bonds is 2. The molecule has 13 heavy (non-hydrogen) atoms. The molecule has 2 heteroatoms. The average molecular weight is 176 g/mol. The lowest BCUT2D eigenvalue weighted by molar-refractivity contribution is 0.405. The first-order chi connectivity index (χ1) is 6.34. The van der Waals surface area contributed by atoms with Crippen molar-refractivity contribution in [1.29, 1.82) is 0 Å². The molecule has 1 aromatic rings. The monoisotopic (exact) mass is 176 g/mol. The molecule has 1 aliphatic carbocycles. The maximum absolute atomic E-state index is 4.03. The largest absolute Gasteiger partial charge is 0.348 e. The topological polar surface area (TPSA) is 28.7 Å². The van der Waals surface area contributed by atoms with Crippen LogP contribution in [0.2, 0.25) is 0 Å². The van der Waals surface area contributed by atoms with Gasteiger partial charge in [-0.2, -0.15) is 0 Å². The number of aromatic nitrogens is 2. The Morgan fingerprint density at radius 2 is 2.23 bits per heavy atom. The molecule has 1 saturated carbocycles. The fourth-order valence-electron chi connectivity index (χ4n) is 2.00. The van der Waals surface area contributed by atoms with Crippen molar-refractivity contribution < 1.29 is 0 Å². The third-order valence-electron chi connectivity index (χ3n) is 2.88. The molecule has 0 radical (unpaired) electrons. The number of hydrogen-bond donors (Lipinski definition) is 1. The van der Waals surface area contributed by atoms with Gasteiger partial charge in [-0.25, -0.2) is 4.98 Å². The molecule has 0 unspecified atom stereocenters. The number of hydrogen-bond acceptors (Lipinski definition) is 1. The Labute approximate surface area is 79.1 Å². The van der Waals surface area contributed by atoms with Crippen LogP contribution in [0.5, 0.6) is 0 Å². The van der Waals surface area contributed by atoms with Crippen LogP contribution in [0.25, 0.3) is 0 Å². The number of aromatic amines is 1. The Kier molecular flexibility index (Phi) is 2.48. The van der Waals surface area contributed by atoms with Crippen molar-refractivity contribution >= 4 is 0 Å². The van der Waals surface area contributed by atoms with Crippen molar-refractivity contribution in [2.24, 2.45) is 5.92 Å². The summed E-state index contributed by atoms with van der Waals surface area (Å²) < 4.78 is 0. The first kappa shape index (κ1) is 8.54. The van der Waals surface area contributed by atoms with Crippen LogP contribution in [0, 0.1) is 5.92 Å². The van der Waals surface area contributed by atoms with Crippen molar-refractivity contribution in [2.45, 2.75) is 32.1 Å². The summed E-state index contributed by atoms with van der Waals surface area (Å²) >= 11 is 0. The molecule has 0 aliphatic heterocycles. The molecule has 0 saturated heterocycles. The normalized spacial score (nSPS) is 19.2. The molecular weight excluding hydrogens is 160 g/mol. The van der Waals surface area contributed by atoms with Gasteiger partial charge >= 0.3 is 0 Å². The van der Waals surface area contributed by atoms with Crippen LogP contribution in [-0.2, 0) is 6.42 Å². The Hall–Kier alpha value is -1.05. The smallest absolute Gasteiger partial charge is 0.0921 e. The number of imidazole rings is 1. The molecular formula is C11H16N2. The highest BCUT2D eigenvalue weighted by Gasteiger charge is 2.15. The van der Waals surface area contributed by atoms with Crippen LogP contribution < -0.4 is 0 Å². The second-order valence-corrected chi connectivity index (χ2v) is 3.97. The first-order valence-electron chi connectivity index (χ1n) is 4.98. The highest BCUT2D eigenvalue weighted by molar-refractivity contribution is 5.02. The molecule has 1 heterocycles. The second-order valence-electron chi connectivity index (χ2n) is 3.97. The predicted octanol–water partition coefficient (Wildman–Crippen LogP) is 2.70. The van der Waals surface area contributed by atoms with Gasteiger partial charge in [0, 0.05) is 11.9 Å². The summed E-state index contributed by atoms with van der Waals surface area (Å²) in [6, 6.07) is 0. The molecule has 1 aliphatic rings. The van der Waals surface area contributed by atoms with E-state index in [0.717, 1.165) is 12.3 Å². The lowest BCUT2D eigenvalue weighted by Gasteiger charge is -2.22. The van der Waals surface area contributed by atoms with E-state index in [4.69, 9.17) is 0 Å². The minimum atomic E-state index is 0.839. The molecule has 1 fully saturated rings. The summed E-state index contributed by atoms with van der Waals surface area (Å²) in [6.45, 7) is 4.03. The summed E-state index contributed by atoms with van der Waals surface area (Å²) in [5, 5.41) is 0. The molecule has 0 amide bonds. The van der Waals surface area contributed by atoms with Gasteiger partial charge in [-0.05, 0) is 38.0 Å². The zero-order valence-electron chi connectivity index (χ0n) is 7.92. The van der Waals surface area contributed by atoms with Crippen molar-refractivity contribution in [3.05, 3.63) is 30.4 Å². The zero-order valence-corrected chi connectivity index (χ0v) is 7.92.